The molecule has 1 aliphatic carbocycles. The molecule has 1 heterocycles. The largest absolute Gasteiger partial charge is 0.341 e. The van der Waals surface area contributed by atoms with Crippen LogP contribution in [0, 0.1) is 12.3 Å². The molecule has 25 heavy (non-hydrogen) atoms. The molecule has 1 atom stereocenters. The maximum atomic E-state index is 13.7. The minimum absolute atomic E-state index is 0. The number of halogens is 1. The number of carbonyl (C=O) groups is 1. The summed E-state index contributed by atoms with van der Waals surface area (Å²) in [6, 6.07) is 8.79. The number of hydrogen-bond acceptors (Lipinski definition) is 2. The lowest BCUT2D eigenvalue weighted by Gasteiger charge is -2.47. The third kappa shape index (κ3) is 3.88. The van der Waals surface area contributed by atoms with E-state index in [1.165, 1.54) is 17.5 Å². The highest BCUT2D eigenvalue weighted by atomic mass is 35.5. The van der Waals surface area contributed by atoms with Gasteiger partial charge in [0.25, 0.3) is 0 Å². The lowest BCUT2D eigenvalue weighted by Crippen LogP contribution is -2.58. The van der Waals surface area contributed by atoms with E-state index in [0.717, 1.165) is 45.2 Å². The Morgan fingerprint density at radius 2 is 1.88 bits per heavy atom. The average molecular weight is 365 g/mol. The van der Waals surface area contributed by atoms with Crippen molar-refractivity contribution >= 4 is 18.3 Å². The second kappa shape index (κ2) is 7.67. The van der Waals surface area contributed by atoms with Gasteiger partial charge in [0.05, 0.1) is 5.41 Å². The standard InChI is InChI=1S/C21H32N2O.ClH/c1-16-8-7-9-17(14-16)21(11-5-4-6-12-21)19(24)23-13-10-18(22)20(2,3)15-23;/h7-9,14,18H,4-6,10-13,15,22H2,1-3H3;1H. The minimum Gasteiger partial charge on any atom is -0.341 e. The van der Waals surface area contributed by atoms with E-state index >= 15 is 0 Å². The molecule has 1 unspecified atom stereocenters. The monoisotopic (exact) mass is 364 g/mol. The molecule has 2 aliphatic rings. The fourth-order valence-electron chi connectivity index (χ4n) is 4.57. The van der Waals surface area contributed by atoms with Gasteiger partial charge in [0.1, 0.15) is 0 Å². The van der Waals surface area contributed by atoms with E-state index in [9.17, 15) is 4.79 Å². The molecule has 0 aromatic heterocycles. The summed E-state index contributed by atoms with van der Waals surface area (Å²) in [4.78, 5) is 15.8. The Morgan fingerprint density at radius 1 is 1.20 bits per heavy atom. The summed E-state index contributed by atoms with van der Waals surface area (Å²) in [6.07, 6.45) is 6.42. The van der Waals surface area contributed by atoms with Crippen LogP contribution in [0.4, 0.5) is 0 Å². The van der Waals surface area contributed by atoms with Crippen molar-refractivity contribution in [1.29, 1.82) is 0 Å². The van der Waals surface area contributed by atoms with Crippen molar-refractivity contribution in [2.24, 2.45) is 11.1 Å². The Kier molecular flexibility index (Phi) is 6.22. The molecular formula is C21H33ClN2O. The van der Waals surface area contributed by atoms with Gasteiger partial charge in [-0.05, 0) is 37.2 Å². The van der Waals surface area contributed by atoms with Crippen molar-refractivity contribution in [2.45, 2.75) is 70.8 Å². The molecule has 1 saturated heterocycles. The fraction of sp³-hybridized carbons (Fsp3) is 0.667. The molecular weight excluding hydrogens is 332 g/mol. The van der Waals surface area contributed by atoms with E-state index in [-0.39, 0.29) is 29.3 Å². The van der Waals surface area contributed by atoms with Gasteiger partial charge >= 0.3 is 0 Å². The predicted octanol–water partition coefficient (Wildman–Crippen LogP) is 4.20. The molecule has 1 amide bonds. The molecule has 0 spiro atoms. The van der Waals surface area contributed by atoms with Crippen LogP contribution in [0.25, 0.3) is 0 Å². The number of aryl methyl sites for hydroxylation is 1. The molecule has 2 N–H and O–H groups in total. The van der Waals surface area contributed by atoms with Gasteiger partial charge in [0, 0.05) is 19.1 Å². The summed E-state index contributed by atoms with van der Waals surface area (Å²) in [5.74, 6) is 0.341. The molecule has 1 aliphatic heterocycles. The third-order valence-corrected chi connectivity index (χ3v) is 6.29. The van der Waals surface area contributed by atoms with Crippen molar-refractivity contribution < 1.29 is 4.79 Å². The molecule has 0 bridgehead atoms. The molecule has 3 nitrogen and oxygen atoms in total. The van der Waals surface area contributed by atoms with Gasteiger partial charge in [-0.1, -0.05) is 62.9 Å². The quantitative estimate of drug-likeness (QED) is 0.854. The summed E-state index contributed by atoms with van der Waals surface area (Å²) >= 11 is 0. The number of nitrogens with two attached hydrogens (primary N) is 1. The number of amides is 1. The molecule has 1 saturated carbocycles. The van der Waals surface area contributed by atoms with Crippen molar-refractivity contribution in [3.8, 4) is 0 Å². The van der Waals surface area contributed by atoms with Gasteiger partial charge in [-0.25, -0.2) is 0 Å². The lowest BCUT2D eigenvalue weighted by molar-refractivity contribution is -0.142. The van der Waals surface area contributed by atoms with Crippen molar-refractivity contribution in [1.82, 2.24) is 4.90 Å². The lowest BCUT2D eigenvalue weighted by atomic mass is 9.67. The number of piperidine rings is 1. The van der Waals surface area contributed by atoms with E-state index in [1.54, 1.807) is 0 Å². The van der Waals surface area contributed by atoms with Gasteiger partial charge in [-0.15, -0.1) is 12.4 Å². The van der Waals surface area contributed by atoms with Crippen LogP contribution in [-0.4, -0.2) is 29.9 Å². The smallest absolute Gasteiger partial charge is 0.233 e. The first-order chi connectivity index (χ1) is 11.3. The molecule has 1 aromatic carbocycles. The Morgan fingerprint density at radius 3 is 2.48 bits per heavy atom. The van der Waals surface area contributed by atoms with E-state index in [4.69, 9.17) is 5.73 Å². The maximum Gasteiger partial charge on any atom is 0.233 e. The average Bonchev–Trinajstić information content (AvgIpc) is 2.57. The SMILES string of the molecule is Cc1cccc(C2(C(=O)N3CCC(N)C(C)(C)C3)CCCCC2)c1.Cl. The summed E-state index contributed by atoms with van der Waals surface area (Å²) in [7, 11) is 0. The first kappa shape index (κ1) is 20.3. The van der Waals surface area contributed by atoms with Crippen molar-refractivity contribution in [2.75, 3.05) is 13.1 Å². The summed E-state index contributed by atoms with van der Waals surface area (Å²) < 4.78 is 0. The highest BCUT2D eigenvalue weighted by Gasteiger charge is 2.46. The van der Waals surface area contributed by atoms with Crippen LogP contribution in [0.15, 0.2) is 24.3 Å². The normalized spacial score (nSPS) is 25.1. The number of nitrogens with zero attached hydrogens (tertiary/aromatic N) is 1. The molecule has 1 aromatic rings. The highest BCUT2D eigenvalue weighted by Crippen LogP contribution is 2.42. The van der Waals surface area contributed by atoms with Crippen LogP contribution in [0.3, 0.4) is 0 Å². The first-order valence-electron chi connectivity index (χ1n) is 9.47. The van der Waals surface area contributed by atoms with Crippen LogP contribution in [0.2, 0.25) is 0 Å². The molecule has 0 radical (unpaired) electrons. The van der Waals surface area contributed by atoms with Gasteiger partial charge in [0.15, 0.2) is 0 Å². The number of benzene rings is 1. The number of carbonyl (C=O) groups excluding carboxylic acids is 1. The minimum atomic E-state index is -0.318. The topological polar surface area (TPSA) is 46.3 Å². The Labute approximate surface area is 158 Å². The number of rotatable bonds is 2. The Balaban J connectivity index is 0.00000225. The molecule has 140 valence electrons. The zero-order valence-corrected chi connectivity index (χ0v) is 16.7. The van der Waals surface area contributed by atoms with Crippen LogP contribution < -0.4 is 5.73 Å². The van der Waals surface area contributed by atoms with Crippen molar-refractivity contribution in [3.05, 3.63) is 35.4 Å². The summed E-state index contributed by atoms with van der Waals surface area (Å²) in [6.45, 7) is 8.08. The van der Waals surface area contributed by atoms with Crippen molar-refractivity contribution in [3.63, 3.8) is 0 Å². The van der Waals surface area contributed by atoms with Crippen LogP contribution in [-0.2, 0) is 10.2 Å². The zero-order chi connectivity index (χ0) is 17.4. The van der Waals surface area contributed by atoms with Crippen LogP contribution >= 0.6 is 12.4 Å². The van der Waals surface area contributed by atoms with Crippen LogP contribution in [0.5, 0.6) is 0 Å². The maximum absolute atomic E-state index is 13.7. The third-order valence-electron chi connectivity index (χ3n) is 6.29. The van der Waals surface area contributed by atoms with E-state index in [1.807, 2.05) is 0 Å². The highest BCUT2D eigenvalue weighted by molar-refractivity contribution is 5.88. The van der Waals surface area contributed by atoms with E-state index in [0.29, 0.717) is 5.91 Å². The van der Waals surface area contributed by atoms with Gasteiger partial charge in [-0.2, -0.15) is 0 Å². The predicted molar refractivity (Wildman–Crippen MR) is 106 cm³/mol. The van der Waals surface area contributed by atoms with Crippen LogP contribution in [0.1, 0.15) is 63.5 Å². The molecule has 3 rings (SSSR count). The first-order valence-corrected chi connectivity index (χ1v) is 9.47. The summed E-state index contributed by atoms with van der Waals surface area (Å²) in [5, 5.41) is 0. The van der Waals surface area contributed by atoms with E-state index in [2.05, 4.69) is 49.9 Å². The summed E-state index contributed by atoms with van der Waals surface area (Å²) in [5.41, 5.74) is 8.42. The Hall–Kier alpha value is -1.06. The second-order valence-corrected chi connectivity index (χ2v) is 8.62. The van der Waals surface area contributed by atoms with Gasteiger partial charge in [-0.3, -0.25) is 4.79 Å². The molecule has 2 fully saturated rings. The van der Waals surface area contributed by atoms with Gasteiger partial charge < -0.3 is 10.6 Å². The number of likely N-dealkylation sites (tertiary alicyclic amines) is 1. The van der Waals surface area contributed by atoms with Gasteiger partial charge in [0.2, 0.25) is 5.91 Å². The molecule has 4 heteroatoms. The second-order valence-electron chi connectivity index (χ2n) is 8.62. The fourth-order valence-corrected chi connectivity index (χ4v) is 4.57. The number of hydrogen-bond donors (Lipinski definition) is 1. The zero-order valence-electron chi connectivity index (χ0n) is 15.9. The van der Waals surface area contributed by atoms with E-state index < -0.39 is 0 Å². The Bertz CT molecular complexity index is 608.